The van der Waals surface area contributed by atoms with E-state index in [1.165, 1.54) is 0 Å². The molecule has 1 aromatic rings. The molecule has 1 heterocycles. The minimum Gasteiger partial charge on any atom is -0.395 e. The number of rotatable bonds is 8. The Morgan fingerprint density at radius 2 is 2.14 bits per heavy atom. The van der Waals surface area contributed by atoms with Gasteiger partial charge in [-0.2, -0.15) is 0 Å². The lowest BCUT2D eigenvalue weighted by Crippen LogP contribution is -2.37. The first-order valence-electron chi connectivity index (χ1n) is 7.03. The Hall–Kier alpha value is -1.14. The van der Waals surface area contributed by atoms with Gasteiger partial charge in [-0.25, -0.2) is 0 Å². The predicted octanol–water partition coefficient (Wildman–Crippen LogP) is 1.77. The van der Waals surface area contributed by atoms with E-state index in [0.717, 1.165) is 30.8 Å². The van der Waals surface area contributed by atoms with Gasteiger partial charge in [-0.15, -0.1) is 0 Å². The van der Waals surface area contributed by atoms with Crippen molar-refractivity contribution in [2.45, 2.75) is 12.5 Å². The maximum absolute atomic E-state index is 9.10. The number of nitrogens with zero attached hydrogens (tertiary/aromatic N) is 2. The van der Waals surface area contributed by atoms with Crippen molar-refractivity contribution in [3.8, 4) is 0 Å². The van der Waals surface area contributed by atoms with Gasteiger partial charge in [-0.3, -0.25) is 4.90 Å². The van der Waals surface area contributed by atoms with Crippen LogP contribution >= 0.6 is 11.6 Å². The Kier molecular flexibility index (Phi) is 6.45. The molecule has 0 aliphatic carbocycles. The van der Waals surface area contributed by atoms with E-state index < -0.39 is 0 Å². The molecule has 1 atom stereocenters. The number of ether oxygens (including phenoxy) is 1. The maximum Gasteiger partial charge on any atom is 0.145 e. The summed E-state index contributed by atoms with van der Waals surface area (Å²) in [6.07, 6.45) is 0.774. The van der Waals surface area contributed by atoms with E-state index in [0.29, 0.717) is 18.2 Å². The van der Waals surface area contributed by atoms with Crippen molar-refractivity contribution in [2.24, 2.45) is 5.16 Å². The van der Waals surface area contributed by atoms with Crippen LogP contribution < -0.4 is 0 Å². The molecule has 1 aromatic carbocycles. The van der Waals surface area contributed by atoms with Crippen molar-refractivity contribution in [1.82, 2.24) is 4.90 Å². The molecule has 6 heteroatoms. The third-order valence-electron chi connectivity index (χ3n) is 3.40. The number of benzene rings is 1. The van der Waals surface area contributed by atoms with Gasteiger partial charge in [0.05, 0.1) is 18.9 Å². The van der Waals surface area contributed by atoms with Crippen LogP contribution in [0.3, 0.4) is 0 Å². The third-order valence-corrected chi connectivity index (χ3v) is 3.65. The molecule has 0 fully saturated rings. The van der Waals surface area contributed by atoms with Gasteiger partial charge < -0.3 is 14.7 Å². The van der Waals surface area contributed by atoms with Crippen molar-refractivity contribution in [1.29, 1.82) is 0 Å². The second-order valence-electron chi connectivity index (χ2n) is 4.99. The van der Waals surface area contributed by atoms with Crippen molar-refractivity contribution >= 4 is 17.3 Å². The van der Waals surface area contributed by atoms with Crippen molar-refractivity contribution in [2.75, 3.05) is 40.0 Å². The number of aliphatic hydroxyl groups is 1. The highest BCUT2D eigenvalue weighted by molar-refractivity contribution is 6.30. The smallest absolute Gasteiger partial charge is 0.145 e. The molecule has 1 unspecified atom stereocenters. The summed E-state index contributed by atoms with van der Waals surface area (Å²) in [6.45, 7) is 2.87. The average Bonchev–Trinajstić information content (AvgIpc) is 2.94. The minimum absolute atomic E-state index is 0.0130. The lowest BCUT2D eigenvalue weighted by Gasteiger charge is -2.23. The molecule has 21 heavy (non-hydrogen) atoms. The molecular weight excluding hydrogens is 292 g/mol. The second-order valence-corrected chi connectivity index (χ2v) is 5.43. The highest BCUT2D eigenvalue weighted by Crippen LogP contribution is 2.19. The van der Waals surface area contributed by atoms with Crippen LogP contribution in [0.5, 0.6) is 0 Å². The summed E-state index contributed by atoms with van der Waals surface area (Å²) in [4.78, 5) is 7.62. The molecule has 1 aliphatic rings. The summed E-state index contributed by atoms with van der Waals surface area (Å²) in [5, 5.41) is 14.0. The topological polar surface area (TPSA) is 54.3 Å². The van der Waals surface area contributed by atoms with E-state index in [4.69, 9.17) is 26.3 Å². The Labute approximate surface area is 130 Å². The summed E-state index contributed by atoms with van der Waals surface area (Å²) < 4.78 is 5.08. The van der Waals surface area contributed by atoms with E-state index in [1.54, 1.807) is 7.11 Å². The standard InChI is InChI=1S/C15H21ClN2O3/c1-20-9-7-18(6-8-19)11-14-10-15(17-21-14)12-2-4-13(16)5-3-12/h2-5,14,19H,6-11H2,1H3. The quantitative estimate of drug-likeness (QED) is 0.795. The van der Waals surface area contributed by atoms with Crippen LogP contribution in [0.4, 0.5) is 0 Å². The first-order valence-corrected chi connectivity index (χ1v) is 7.41. The zero-order chi connectivity index (χ0) is 15.1. The van der Waals surface area contributed by atoms with Gasteiger partial charge in [0.15, 0.2) is 0 Å². The first kappa shape index (κ1) is 16.2. The molecule has 0 amide bonds. The molecule has 0 saturated heterocycles. The lowest BCUT2D eigenvalue weighted by atomic mass is 10.0. The largest absolute Gasteiger partial charge is 0.395 e. The Morgan fingerprint density at radius 1 is 1.38 bits per heavy atom. The minimum atomic E-state index is 0.0130. The Morgan fingerprint density at radius 3 is 2.81 bits per heavy atom. The fourth-order valence-corrected chi connectivity index (χ4v) is 2.41. The number of methoxy groups -OCH3 is 1. The molecule has 0 saturated carbocycles. The highest BCUT2D eigenvalue weighted by atomic mass is 35.5. The monoisotopic (exact) mass is 312 g/mol. The van der Waals surface area contributed by atoms with Crippen LogP contribution in [-0.4, -0.2) is 61.8 Å². The predicted molar refractivity (Wildman–Crippen MR) is 82.9 cm³/mol. The van der Waals surface area contributed by atoms with E-state index in [2.05, 4.69) is 10.1 Å². The molecule has 116 valence electrons. The number of hydrogen-bond donors (Lipinski definition) is 1. The fourth-order valence-electron chi connectivity index (χ4n) is 2.28. The van der Waals surface area contributed by atoms with Crippen molar-refractivity contribution in [3.63, 3.8) is 0 Å². The molecule has 1 N–H and O–H groups in total. The Balaban J connectivity index is 1.86. The van der Waals surface area contributed by atoms with Gasteiger partial charge in [-0.1, -0.05) is 28.9 Å². The SMILES string of the molecule is COCCN(CCO)CC1CC(c2ccc(Cl)cc2)=NO1. The summed E-state index contributed by atoms with van der Waals surface area (Å²) >= 11 is 5.89. The highest BCUT2D eigenvalue weighted by Gasteiger charge is 2.24. The van der Waals surface area contributed by atoms with Crippen LogP contribution in [0.1, 0.15) is 12.0 Å². The molecule has 2 rings (SSSR count). The molecular formula is C15H21ClN2O3. The first-order chi connectivity index (χ1) is 10.2. The van der Waals surface area contributed by atoms with Gasteiger partial charge in [0.1, 0.15) is 6.10 Å². The molecule has 5 nitrogen and oxygen atoms in total. The number of oxime groups is 1. The van der Waals surface area contributed by atoms with E-state index in [9.17, 15) is 0 Å². The zero-order valence-corrected chi connectivity index (χ0v) is 12.9. The van der Waals surface area contributed by atoms with Crippen LogP contribution in [0, 0.1) is 0 Å². The van der Waals surface area contributed by atoms with Gasteiger partial charge in [0.25, 0.3) is 0 Å². The molecule has 1 aliphatic heterocycles. The van der Waals surface area contributed by atoms with Crippen LogP contribution in [0.25, 0.3) is 0 Å². The van der Waals surface area contributed by atoms with Gasteiger partial charge in [0.2, 0.25) is 0 Å². The van der Waals surface area contributed by atoms with Gasteiger partial charge in [0, 0.05) is 38.2 Å². The average molecular weight is 313 g/mol. The van der Waals surface area contributed by atoms with E-state index in [-0.39, 0.29) is 12.7 Å². The molecule has 0 bridgehead atoms. The van der Waals surface area contributed by atoms with Gasteiger partial charge in [-0.05, 0) is 17.7 Å². The molecule has 0 spiro atoms. The summed E-state index contributed by atoms with van der Waals surface area (Å²) in [7, 11) is 1.67. The maximum atomic E-state index is 9.10. The number of hydrogen-bond acceptors (Lipinski definition) is 5. The van der Waals surface area contributed by atoms with Crippen molar-refractivity contribution in [3.05, 3.63) is 34.9 Å². The third kappa shape index (κ3) is 4.97. The molecule has 0 radical (unpaired) electrons. The summed E-state index contributed by atoms with van der Waals surface area (Å²) in [5.41, 5.74) is 1.97. The second kappa shape index (κ2) is 8.34. The van der Waals surface area contributed by atoms with E-state index >= 15 is 0 Å². The fraction of sp³-hybridized carbons (Fsp3) is 0.533. The van der Waals surface area contributed by atoms with Crippen LogP contribution in [-0.2, 0) is 9.57 Å². The normalized spacial score (nSPS) is 17.9. The number of halogens is 1. The summed E-state index contributed by atoms with van der Waals surface area (Å²) in [6, 6.07) is 7.60. The van der Waals surface area contributed by atoms with Gasteiger partial charge >= 0.3 is 0 Å². The Bertz CT molecular complexity index is 464. The molecule has 0 aromatic heterocycles. The van der Waals surface area contributed by atoms with E-state index in [1.807, 2.05) is 24.3 Å². The number of aliphatic hydroxyl groups excluding tert-OH is 1. The zero-order valence-electron chi connectivity index (χ0n) is 12.2. The van der Waals surface area contributed by atoms with Crippen LogP contribution in [0.15, 0.2) is 29.4 Å². The lowest BCUT2D eigenvalue weighted by molar-refractivity contribution is 0.0389. The summed E-state index contributed by atoms with van der Waals surface area (Å²) in [5.74, 6) is 0. The van der Waals surface area contributed by atoms with Crippen LogP contribution in [0.2, 0.25) is 5.02 Å². The van der Waals surface area contributed by atoms with Crippen molar-refractivity contribution < 1.29 is 14.7 Å².